The maximum Gasteiger partial charge on any atom is 0.257 e. The van der Waals surface area contributed by atoms with Gasteiger partial charge in [0.2, 0.25) is 0 Å². The highest BCUT2D eigenvalue weighted by molar-refractivity contribution is 5.94. The minimum Gasteiger partial charge on any atom is -0.391 e. The van der Waals surface area contributed by atoms with Crippen molar-refractivity contribution in [1.29, 1.82) is 0 Å². The third-order valence-electron chi connectivity index (χ3n) is 2.46. The van der Waals surface area contributed by atoms with E-state index in [2.05, 4.69) is 10.1 Å². The summed E-state index contributed by atoms with van der Waals surface area (Å²) < 4.78 is 57.0. The normalized spacial score (nSPS) is 12.3. The van der Waals surface area contributed by atoms with Crippen LogP contribution in [0.1, 0.15) is 16.8 Å². The summed E-state index contributed by atoms with van der Waals surface area (Å²) in [7, 11) is 1.36. The fourth-order valence-electron chi connectivity index (χ4n) is 1.49. The van der Waals surface area contributed by atoms with Gasteiger partial charge < -0.3 is 15.2 Å². The monoisotopic (exact) mass is 295 g/mol. The maximum atomic E-state index is 13.3. The fourth-order valence-corrected chi connectivity index (χ4v) is 1.49. The lowest BCUT2D eigenvalue weighted by Gasteiger charge is -2.11. The molecule has 2 N–H and O–H groups in total. The molecule has 0 bridgehead atoms. The minimum absolute atomic E-state index is 0.0176. The molecule has 0 spiro atoms. The van der Waals surface area contributed by atoms with E-state index in [1.165, 1.54) is 7.11 Å². The van der Waals surface area contributed by atoms with Gasteiger partial charge in [-0.1, -0.05) is 0 Å². The predicted octanol–water partition coefficient (Wildman–Crippen LogP) is 1.37. The van der Waals surface area contributed by atoms with Crippen molar-refractivity contribution in [2.24, 2.45) is 0 Å². The molecule has 0 saturated heterocycles. The highest BCUT2D eigenvalue weighted by atomic mass is 19.2. The number of nitrogens with one attached hydrogen (secondary N) is 1. The van der Waals surface area contributed by atoms with Gasteiger partial charge in [0.1, 0.15) is 5.56 Å². The summed E-state index contributed by atoms with van der Waals surface area (Å²) in [5.74, 6) is -8.15. The summed E-state index contributed by atoms with van der Waals surface area (Å²) in [6, 6.07) is 0.0176. The first-order valence-electron chi connectivity index (χ1n) is 5.66. The quantitative estimate of drug-likeness (QED) is 0.615. The smallest absolute Gasteiger partial charge is 0.257 e. The van der Waals surface area contributed by atoms with Crippen molar-refractivity contribution in [1.82, 2.24) is 5.32 Å². The number of amides is 1. The Bertz CT molecular complexity index is 470. The second kappa shape index (κ2) is 7.20. The van der Waals surface area contributed by atoms with E-state index in [0.717, 1.165) is 0 Å². The van der Waals surface area contributed by atoms with E-state index >= 15 is 0 Å². The molecule has 0 fully saturated rings. The lowest BCUT2D eigenvalue weighted by atomic mass is 10.1. The molecule has 112 valence electrons. The van der Waals surface area contributed by atoms with Crippen molar-refractivity contribution in [2.75, 3.05) is 20.3 Å². The lowest BCUT2D eigenvalue weighted by Crippen LogP contribution is -2.30. The van der Waals surface area contributed by atoms with E-state index < -0.39 is 40.8 Å². The third kappa shape index (κ3) is 3.91. The number of methoxy groups -OCH3 is 1. The fraction of sp³-hybridized carbons (Fsp3) is 0.417. The predicted molar refractivity (Wildman–Crippen MR) is 61.1 cm³/mol. The van der Waals surface area contributed by atoms with Crippen molar-refractivity contribution in [3.63, 3.8) is 0 Å². The van der Waals surface area contributed by atoms with Gasteiger partial charge in [0.15, 0.2) is 23.3 Å². The largest absolute Gasteiger partial charge is 0.391 e. The van der Waals surface area contributed by atoms with Crippen LogP contribution in [-0.4, -0.2) is 37.4 Å². The van der Waals surface area contributed by atoms with Crippen LogP contribution in [0.4, 0.5) is 17.6 Å². The molecule has 0 aromatic heterocycles. The molecule has 0 aliphatic heterocycles. The van der Waals surface area contributed by atoms with Crippen LogP contribution < -0.4 is 5.32 Å². The second-order valence-corrected chi connectivity index (χ2v) is 4.00. The lowest BCUT2D eigenvalue weighted by molar-refractivity contribution is 0.0587. The van der Waals surface area contributed by atoms with Crippen LogP contribution in [0.5, 0.6) is 0 Å². The Balaban J connectivity index is 2.74. The Morgan fingerprint density at radius 2 is 1.85 bits per heavy atom. The highest BCUT2D eigenvalue weighted by Crippen LogP contribution is 2.19. The van der Waals surface area contributed by atoms with Crippen molar-refractivity contribution >= 4 is 5.91 Å². The molecule has 8 heteroatoms. The molecule has 1 rings (SSSR count). The first-order valence-corrected chi connectivity index (χ1v) is 5.66. The van der Waals surface area contributed by atoms with E-state index in [1.807, 2.05) is 0 Å². The van der Waals surface area contributed by atoms with Crippen LogP contribution in [0, 0.1) is 23.3 Å². The minimum atomic E-state index is -1.76. The number of benzene rings is 1. The van der Waals surface area contributed by atoms with Gasteiger partial charge in [0.05, 0.1) is 12.7 Å². The number of halogens is 4. The number of aliphatic hydroxyl groups is 1. The van der Waals surface area contributed by atoms with E-state index in [9.17, 15) is 27.5 Å². The number of aliphatic hydroxyl groups excluding tert-OH is 1. The maximum absolute atomic E-state index is 13.3. The van der Waals surface area contributed by atoms with E-state index in [1.54, 1.807) is 0 Å². The van der Waals surface area contributed by atoms with Crippen molar-refractivity contribution in [2.45, 2.75) is 12.5 Å². The van der Waals surface area contributed by atoms with Crippen LogP contribution in [0.2, 0.25) is 0 Å². The third-order valence-corrected chi connectivity index (χ3v) is 2.46. The topological polar surface area (TPSA) is 58.6 Å². The zero-order valence-electron chi connectivity index (χ0n) is 10.6. The standard InChI is InChI=1S/C12H13F4NO3/c1-20-5-6(18)2-3-17-12(19)9-10(15)7(13)4-8(14)11(9)16/h4,6,18H,2-3,5H2,1H3,(H,17,19). The highest BCUT2D eigenvalue weighted by Gasteiger charge is 2.24. The summed E-state index contributed by atoms with van der Waals surface area (Å²) in [5.41, 5.74) is -1.33. The number of hydrogen-bond acceptors (Lipinski definition) is 3. The Labute approximate surface area is 112 Å². The SMILES string of the molecule is COCC(O)CCNC(=O)c1c(F)c(F)cc(F)c1F. The molecule has 1 atom stereocenters. The Morgan fingerprint density at radius 3 is 2.35 bits per heavy atom. The summed E-state index contributed by atoms with van der Waals surface area (Å²) in [5, 5.41) is 11.3. The van der Waals surface area contributed by atoms with Crippen LogP contribution in [0.15, 0.2) is 6.07 Å². The molecule has 20 heavy (non-hydrogen) atoms. The average molecular weight is 295 g/mol. The first kappa shape index (κ1) is 16.4. The van der Waals surface area contributed by atoms with Gasteiger partial charge in [0, 0.05) is 19.7 Å². The zero-order chi connectivity index (χ0) is 15.3. The van der Waals surface area contributed by atoms with Gasteiger partial charge in [-0.2, -0.15) is 0 Å². The van der Waals surface area contributed by atoms with E-state index in [4.69, 9.17) is 0 Å². The van der Waals surface area contributed by atoms with Gasteiger partial charge in [0.25, 0.3) is 5.91 Å². The molecule has 1 amide bonds. The number of hydrogen-bond donors (Lipinski definition) is 2. The molecule has 0 radical (unpaired) electrons. The number of carbonyl (C=O) groups is 1. The molecule has 1 aromatic carbocycles. The zero-order valence-corrected chi connectivity index (χ0v) is 10.6. The van der Waals surface area contributed by atoms with Gasteiger partial charge in [-0.3, -0.25) is 4.79 Å². The first-order chi connectivity index (χ1) is 9.38. The number of ether oxygens (including phenoxy) is 1. The number of carbonyl (C=O) groups excluding carboxylic acids is 1. The Morgan fingerprint density at radius 1 is 1.30 bits per heavy atom. The van der Waals surface area contributed by atoms with Gasteiger partial charge in [-0.25, -0.2) is 17.6 Å². The van der Waals surface area contributed by atoms with Crippen LogP contribution in [0.3, 0.4) is 0 Å². The molecule has 1 unspecified atom stereocenters. The summed E-state index contributed by atoms with van der Waals surface area (Å²) in [6.45, 7) is -0.118. The Kier molecular flexibility index (Phi) is 5.90. The van der Waals surface area contributed by atoms with Gasteiger partial charge in [-0.15, -0.1) is 0 Å². The summed E-state index contributed by atoms with van der Waals surface area (Å²) >= 11 is 0. The number of rotatable bonds is 6. The average Bonchev–Trinajstić information content (AvgIpc) is 2.37. The van der Waals surface area contributed by atoms with Crippen molar-refractivity contribution in [3.8, 4) is 0 Å². The van der Waals surface area contributed by atoms with Gasteiger partial charge >= 0.3 is 0 Å². The Hall–Kier alpha value is -1.67. The molecule has 1 aromatic rings. The van der Waals surface area contributed by atoms with Gasteiger partial charge in [-0.05, 0) is 6.42 Å². The van der Waals surface area contributed by atoms with E-state index in [0.29, 0.717) is 0 Å². The molecule has 0 saturated carbocycles. The molecule has 0 aliphatic rings. The van der Waals surface area contributed by atoms with Crippen molar-refractivity contribution in [3.05, 3.63) is 34.9 Å². The molecule has 0 heterocycles. The van der Waals surface area contributed by atoms with Crippen molar-refractivity contribution < 1.29 is 32.2 Å². The molecular weight excluding hydrogens is 282 g/mol. The van der Waals surface area contributed by atoms with Crippen LogP contribution >= 0.6 is 0 Å². The molecule has 4 nitrogen and oxygen atoms in total. The van der Waals surface area contributed by atoms with E-state index in [-0.39, 0.29) is 25.6 Å². The van der Waals surface area contributed by atoms with Crippen LogP contribution in [0.25, 0.3) is 0 Å². The summed E-state index contributed by atoms with van der Waals surface area (Å²) in [4.78, 5) is 11.5. The second-order valence-electron chi connectivity index (χ2n) is 4.00. The molecule has 0 aliphatic carbocycles. The summed E-state index contributed by atoms with van der Waals surface area (Å²) in [6.07, 6.45) is -0.820. The molecular formula is C12H13F4NO3. The van der Waals surface area contributed by atoms with Crippen LogP contribution in [-0.2, 0) is 4.74 Å².